The second kappa shape index (κ2) is 44.6. The Kier molecular flexibility index (Phi) is 43.9. The first-order valence-electron chi connectivity index (χ1n) is 25.7. The molecular formula is C52H101NO3S. The van der Waals surface area contributed by atoms with Crippen LogP contribution in [0.25, 0.3) is 0 Å². The van der Waals surface area contributed by atoms with E-state index in [9.17, 15) is 13.0 Å². The summed E-state index contributed by atoms with van der Waals surface area (Å²) < 4.78 is 34.9. The van der Waals surface area contributed by atoms with E-state index >= 15 is 0 Å². The highest BCUT2D eigenvalue weighted by Gasteiger charge is 2.19. The minimum atomic E-state index is -4.18. The van der Waals surface area contributed by atoms with Gasteiger partial charge in [-0.3, -0.25) is 0 Å². The molecule has 0 N–H and O–H groups in total. The highest BCUT2D eigenvalue weighted by molar-refractivity contribution is 7.85. The van der Waals surface area contributed by atoms with E-state index < -0.39 is 10.1 Å². The van der Waals surface area contributed by atoms with Crippen LogP contribution in [0.15, 0.2) is 36.8 Å². The maximum absolute atomic E-state index is 11.4. The molecule has 0 heterocycles. The normalized spacial score (nSPS) is 12.7. The SMILES string of the molecule is CCCCCCCCCCCCCC/C=C/[N+](/C=C/CCCCCCCCCCCCCC)(/C=C/CCCCCCCCCCCCCC)CCCCS(=O)(=O)[O-]. The Balaban J connectivity index is 5.03. The Hall–Kier alpha value is -0.910. The summed E-state index contributed by atoms with van der Waals surface area (Å²) in [4.78, 5) is 0. The van der Waals surface area contributed by atoms with Gasteiger partial charge < -0.3 is 4.55 Å². The van der Waals surface area contributed by atoms with Gasteiger partial charge >= 0.3 is 0 Å². The Morgan fingerprint density at radius 1 is 0.333 bits per heavy atom. The zero-order chi connectivity index (χ0) is 41.6. The molecule has 0 aliphatic rings. The molecule has 0 aromatic rings. The third-order valence-electron chi connectivity index (χ3n) is 12.0. The van der Waals surface area contributed by atoms with E-state index in [0.717, 1.165) is 32.2 Å². The fourth-order valence-electron chi connectivity index (χ4n) is 8.16. The monoisotopic (exact) mass is 820 g/mol. The largest absolute Gasteiger partial charge is 0.748 e. The van der Waals surface area contributed by atoms with E-state index in [0.29, 0.717) is 10.9 Å². The lowest BCUT2D eigenvalue weighted by Crippen LogP contribution is -2.32. The molecule has 0 amide bonds. The molecule has 0 fully saturated rings. The van der Waals surface area contributed by atoms with Crippen LogP contribution in [0.2, 0.25) is 0 Å². The van der Waals surface area contributed by atoms with Crippen LogP contribution in [-0.4, -0.2) is 29.8 Å². The van der Waals surface area contributed by atoms with E-state index in [1.807, 2.05) is 0 Å². The van der Waals surface area contributed by atoms with Gasteiger partial charge in [0, 0.05) is 5.75 Å². The van der Waals surface area contributed by atoms with E-state index in [4.69, 9.17) is 0 Å². The van der Waals surface area contributed by atoms with Crippen LogP contribution < -0.4 is 0 Å². The van der Waals surface area contributed by atoms with Crippen molar-refractivity contribution >= 4 is 10.1 Å². The van der Waals surface area contributed by atoms with Gasteiger partial charge in [-0.25, -0.2) is 12.9 Å². The molecule has 0 aliphatic carbocycles. The molecule has 0 atom stereocenters. The lowest BCUT2D eigenvalue weighted by molar-refractivity contribution is -0.774. The number of quaternary nitrogens is 1. The summed E-state index contributed by atoms with van der Waals surface area (Å²) in [6.45, 7) is 7.67. The van der Waals surface area contributed by atoms with Crippen LogP contribution in [0.4, 0.5) is 0 Å². The average Bonchev–Trinajstić information content (AvgIpc) is 3.19. The van der Waals surface area contributed by atoms with Gasteiger partial charge in [0.2, 0.25) is 0 Å². The molecule has 0 aromatic carbocycles. The molecular weight excluding hydrogens is 719 g/mol. The summed E-state index contributed by atoms with van der Waals surface area (Å²) in [5, 5.41) is 0. The number of hydrogen-bond donors (Lipinski definition) is 0. The molecule has 0 saturated carbocycles. The van der Waals surface area contributed by atoms with Crippen LogP contribution >= 0.6 is 0 Å². The average molecular weight is 820 g/mol. The summed E-state index contributed by atoms with van der Waals surface area (Å²) in [5.74, 6) is -0.263. The second-order valence-corrected chi connectivity index (χ2v) is 19.4. The smallest absolute Gasteiger partial charge is 0.101 e. The predicted octanol–water partition coefficient (Wildman–Crippen LogP) is 17.9. The predicted molar refractivity (Wildman–Crippen MR) is 253 cm³/mol. The Morgan fingerprint density at radius 2 is 0.561 bits per heavy atom. The van der Waals surface area contributed by atoms with Gasteiger partial charge in [0.25, 0.3) is 0 Å². The maximum Gasteiger partial charge on any atom is 0.101 e. The van der Waals surface area contributed by atoms with E-state index in [1.54, 1.807) is 0 Å². The fourth-order valence-corrected chi connectivity index (χ4v) is 8.72. The Bertz CT molecular complexity index is 894. The molecule has 57 heavy (non-hydrogen) atoms. The summed E-state index contributed by atoms with van der Waals surface area (Å²) in [7, 11) is -4.18. The highest BCUT2D eigenvalue weighted by Crippen LogP contribution is 2.20. The van der Waals surface area contributed by atoms with Gasteiger partial charge in [-0.1, -0.05) is 233 Å². The maximum atomic E-state index is 11.4. The Labute approximate surface area is 359 Å². The van der Waals surface area contributed by atoms with Crippen molar-refractivity contribution in [2.75, 3.05) is 12.3 Å². The lowest BCUT2D eigenvalue weighted by Gasteiger charge is -2.27. The first-order valence-corrected chi connectivity index (χ1v) is 27.3. The van der Waals surface area contributed by atoms with Crippen molar-refractivity contribution < 1.29 is 17.5 Å². The standard InChI is InChI=1S/C52H101NO3S/c1-4-7-10-13-16-19-22-25-28-31-34-37-40-43-48-53(51-46-47-52-57(54,55)56,49-44-41-38-35-32-29-26-23-20-17-14-11-8-5-2)50-45-42-39-36-33-30-27-24-21-18-15-12-9-6-3/h43-45,48-50H,4-42,46-47,51-52H2,1-3H3/b48-43+,49-44+,50-45+. The third-order valence-corrected chi connectivity index (χ3v) is 12.8. The van der Waals surface area contributed by atoms with Crippen molar-refractivity contribution in [3.05, 3.63) is 36.8 Å². The van der Waals surface area contributed by atoms with Gasteiger partial charge in [0.15, 0.2) is 0 Å². The molecule has 0 bridgehead atoms. The third kappa shape index (κ3) is 44.5. The number of nitrogens with zero attached hydrogens (tertiary/aromatic N) is 1. The van der Waals surface area contributed by atoms with Gasteiger partial charge in [-0.2, -0.15) is 0 Å². The van der Waals surface area contributed by atoms with Crippen molar-refractivity contribution in [2.45, 2.75) is 284 Å². The zero-order valence-electron chi connectivity index (χ0n) is 38.9. The number of hydrogen-bond acceptors (Lipinski definition) is 3. The van der Waals surface area contributed by atoms with Gasteiger partial charge in [-0.05, 0) is 69.6 Å². The second-order valence-electron chi connectivity index (χ2n) is 17.9. The van der Waals surface area contributed by atoms with E-state index in [-0.39, 0.29) is 5.75 Å². The number of rotatable bonds is 47. The van der Waals surface area contributed by atoms with Crippen LogP contribution in [0.1, 0.15) is 284 Å². The van der Waals surface area contributed by atoms with Crippen molar-refractivity contribution in [1.82, 2.24) is 0 Å². The topological polar surface area (TPSA) is 57.2 Å². The molecule has 0 saturated heterocycles. The van der Waals surface area contributed by atoms with E-state index in [2.05, 4.69) is 57.6 Å². The molecule has 0 aromatic heterocycles. The molecule has 4 nitrogen and oxygen atoms in total. The summed E-state index contributed by atoms with van der Waals surface area (Å²) >= 11 is 0. The quantitative estimate of drug-likeness (QED) is 0.0349. The van der Waals surface area contributed by atoms with Crippen molar-refractivity contribution in [3.63, 3.8) is 0 Å². The summed E-state index contributed by atoms with van der Waals surface area (Å²) in [5.41, 5.74) is 0. The minimum Gasteiger partial charge on any atom is -0.748 e. The van der Waals surface area contributed by atoms with Crippen LogP contribution in [0.3, 0.4) is 0 Å². The first kappa shape index (κ1) is 56.1. The fraction of sp³-hybridized carbons (Fsp3) is 0.885. The van der Waals surface area contributed by atoms with Gasteiger partial charge in [0.1, 0.15) is 18.6 Å². The molecule has 5 heteroatoms. The van der Waals surface area contributed by atoms with Crippen molar-refractivity contribution in [1.29, 1.82) is 0 Å². The van der Waals surface area contributed by atoms with Crippen molar-refractivity contribution in [2.24, 2.45) is 0 Å². The summed E-state index contributed by atoms with van der Waals surface area (Å²) in [6.07, 6.45) is 67.8. The zero-order valence-corrected chi connectivity index (χ0v) is 39.8. The van der Waals surface area contributed by atoms with Crippen LogP contribution in [0, 0.1) is 0 Å². The minimum absolute atomic E-state index is 0.263. The molecule has 0 unspecified atom stereocenters. The van der Waals surface area contributed by atoms with Crippen LogP contribution in [0.5, 0.6) is 0 Å². The van der Waals surface area contributed by atoms with E-state index in [1.165, 1.54) is 231 Å². The molecule has 0 spiro atoms. The van der Waals surface area contributed by atoms with Crippen molar-refractivity contribution in [3.8, 4) is 0 Å². The number of allylic oxidation sites excluding steroid dienone is 3. The first-order chi connectivity index (χ1) is 27.9. The Morgan fingerprint density at radius 3 is 0.789 bits per heavy atom. The highest BCUT2D eigenvalue weighted by atomic mass is 32.2. The van der Waals surface area contributed by atoms with Crippen LogP contribution in [-0.2, 0) is 10.1 Å². The summed E-state index contributed by atoms with van der Waals surface area (Å²) in [6, 6.07) is 0. The molecule has 0 rings (SSSR count). The lowest BCUT2D eigenvalue weighted by atomic mass is 10.0. The molecule has 338 valence electrons. The molecule has 0 radical (unpaired) electrons. The van der Waals surface area contributed by atoms with Gasteiger partial charge in [-0.15, -0.1) is 0 Å². The number of unbranched alkanes of at least 4 members (excludes halogenated alkanes) is 37. The van der Waals surface area contributed by atoms with Gasteiger partial charge in [0.05, 0.1) is 16.7 Å². The molecule has 0 aliphatic heterocycles.